The van der Waals surface area contributed by atoms with Gasteiger partial charge in [-0.3, -0.25) is 29.5 Å². The molecule has 27 heteroatoms. The fourth-order valence-corrected chi connectivity index (χ4v) is 20.7. The summed E-state index contributed by atoms with van der Waals surface area (Å²) in [4.78, 5) is 39.4. The first-order valence-corrected chi connectivity index (χ1v) is 44.6. The number of sulfone groups is 1. The minimum absolute atomic E-state index is 0.0380. The third-order valence-corrected chi connectivity index (χ3v) is 28.2. The molecule has 620 valence electrons. The number of aromatic nitrogens is 9. The molecular formula is C94H90F3N10O12PS. The molecule has 0 atom stereocenters. The highest BCUT2D eigenvalue weighted by Gasteiger charge is 2.38. The molecule has 5 aliphatic rings. The maximum Gasteiger partial charge on any atom is 0.409 e. The smallest absolute Gasteiger partial charge is 0.409 e. The average Bonchev–Trinajstić information content (AvgIpc) is 1.58. The first-order valence-electron chi connectivity index (χ1n) is 41.1. The zero-order chi connectivity index (χ0) is 83.2. The van der Waals surface area contributed by atoms with Gasteiger partial charge >= 0.3 is 13.7 Å². The van der Waals surface area contributed by atoms with E-state index in [1.807, 2.05) is 116 Å². The number of Topliss-reactive ketones (excluding diaryl/α,β-unsaturated/α-hetero) is 2. The van der Waals surface area contributed by atoms with Crippen molar-refractivity contribution < 1.29 is 68.5 Å². The number of carbonyl (C=O) groups is 3. The van der Waals surface area contributed by atoms with Gasteiger partial charge in [-0.2, -0.15) is 15.3 Å². The topological polar surface area (TPSA) is 262 Å². The lowest BCUT2D eigenvalue weighted by atomic mass is 9.80. The van der Waals surface area contributed by atoms with E-state index in [9.17, 15) is 40.5 Å². The highest BCUT2D eigenvalue weighted by Crippen LogP contribution is 2.51. The number of cyclic esters (lactones) is 1. The molecule has 0 unspecified atom stereocenters. The summed E-state index contributed by atoms with van der Waals surface area (Å²) in [7, 11) is -3.65. The minimum atomic E-state index is -3.37. The van der Waals surface area contributed by atoms with Crippen molar-refractivity contribution in [2.45, 2.75) is 93.6 Å². The highest BCUT2D eigenvalue weighted by atomic mass is 32.2. The lowest BCUT2D eigenvalue weighted by molar-refractivity contribution is 0.0843. The molecule has 20 rings (SSSR count). The molecule has 22 nitrogen and oxygen atoms in total. The van der Waals surface area contributed by atoms with Gasteiger partial charge in [-0.25, -0.2) is 26.4 Å². The number of amides is 1. The third kappa shape index (κ3) is 16.1. The number of halogens is 3. The summed E-state index contributed by atoms with van der Waals surface area (Å²) in [5.74, 6) is 0.0649. The fraction of sp³-hybridized carbons (Fsp3) is 0.298. The molecule has 1 amide bonds. The Balaban J connectivity index is 0.000000125. The van der Waals surface area contributed by atoms with Gasteiger partial charge in [-0.05, 0) is 202 Å². The number of aromatic amines is 3. The Hall–Kier alpha value is -11.6. The molecule has 6 aromatic heterocycles. The van der Waals surface area contributed by atoms with E-state index in [0.29, 0.717) is 108 Å². The van der Waals surface area contributed by atoms with Crippen LogP contribution in [0.3, 0.4) is 0 Å². The van der Waals surface area contributed by atoms with Crippen LogP contribution in [0.25, 0.3) is 116 Å². The van der Waals surface area contributed by atoms with Gasteiger partial charge in [0.1, 0.15) is 33.9 Å². The van der Waals surface area contributed by atoms with Crippen LogP contribution in [0.2, 0.25) is 0 Å². The van der Waals surface area contributed by atoms with Crippen molar-refractivity contribution in [2.24, 2.45) is 5.92 Å². The molecule has 10 heterocycles. The van der Waals surface area contributed by atoms with Crippen LogP contribution in [-0.2, 0) is 42.4 Å². The molecule has 1 aliphatic carbocycles. The molecule has 1 saturated carbocycles. The highest BCUT2D eigenvalue weighted by molar-refractivity contribution is 7.91. The van der Waals surface area contributed by atoms with E-state index in [1.54, 1.807) is 17.0 Å². The summed E-state index contributed by atoms with van der Waals surface area (Å²) in [6.07, 6.45) is 14.1. The molecule has 4 aliphatic heterocycles. The molecule has 3 N–H and O–H groups in total. The van der Waals surface area contributed by atoms with Gasteiger partial charge in [0.05, 0.1) is 68.8 Å². The van der Waals surface area contributed by atoms with Crippen molar-refractivity contribution in [3.05, 3.63) is 246 Å². The van der Waals surface area contributed by atoms with Gasteiger partial charge in [0, 0.05) is 192 Å². The van der Waals surface area contributed by atoms with E-state index in [1.165, 1.54) is 56.9 Å². The molecule has 15 aromatic rings. The van der Waals surface area contributed by atoms with E-state index < -0.39 is 17.4 Å². The Kier molecular flexibility index (Phi) is 22.7. The zero-order valence-electron chi connectivity index (χ0n) is 67.1. The predicted molar refractivity (Wildman–Crippen MR) is 461 cm³/mol. The van der Waals surface area contributed by atoms with Crippen LogP contribution in [0.1, 0.15) is 126 Å². The van der Waals surface area contributed by atoms with E-state index in [2.05, 4.69) is 80.7 Å². The van der Waals surface area contributed by atoms with Crippen LogP contribution in [0.4, 0.5) is 18.0 Å². The summed E-state index contributed by atoms with van der Waals surface area (Å²) in [5, 5.41) is 28.4. The number of ketones is 2. The number of rotatable bonds is 21. The summed E-state index contributed by atoms with van der Waals surface area (Å²) in [6, 6.07) is 55.8. The number of carbonyl (C=O) groups excluding carboxylic acids is 3. The fourth-order valence-electron chi connectivity index (χ4n) is 18.3. The largest absolute Gasteiger partial charge is 0.448 e. The number of nitrogens with zero attached hydrogens (tertiary/aromatic N) is 7. The number of fused-ring (bicyclic) bond motifs is 6. The maximum absolute atomic E-state index is 14.0. The normalized spacial score (nSPS) is 17.0. The average molecular weight is 1670 g/mol. The number of H-pyrrole nitrogens is 3. The Morgan fingerprint density at radius 2 is 0.843 bits per heavy atom. The van der Waals surface area contributed by atoms with Crippen molar-refractivity contribution in [2.75, 3.05) is 79.8 Å². The second kappa shape index (κ2) is 34.1. The number of hydrogen-bond donors (Lipinski definition) is 3. The van der Waals surface area contributed by atoms with Crippen LogP contribution in [0, 0.1) is 23.4 Å². The summed E-state index contributed by atoms with van der Waals surface area (Å²) >= 11 is 0. The molecule has 0 radical (unpaired) electrons. The zero-order valence-corrected chi connectivity index (χ0v) is 68.8. The van der Waals surface area contributed by atoms with Crippen molar-refractivity contribution >= 4 is 106 Å². The number of benzene rings is 9. The number of hydrogen-bond acceptors (Lipinski definition) is 15. The third-order valence-electron chi connectivity index (χ3n) is 24.7. The second-order valence-electron chi connectivity index (χ2n) is 32.0. The minimum Gasteiger partial charge on any atom is -0.448 e. The van der Waals surface area contributed by atoms with Crippen molar-refractivity contribution in [3.63, 3.8) is 0 Å². The standard InChI is InChI=1S/C33H31FN4O4.C33H32FN3O4S.C28H27FN3O4P/c34-25-7-9-26(10-8-25)38-29-18-24-20-35-36-28(24)19-27(29)31(32(38)23-11-15-41-16-12-23)22-5-3-21(4-6-22)30(39)2-1-13-37-14-17-42-33(37)40;1-42(39,40)27-14-20(15-27)16-31(38)21-2-4-22(5-3-21)32-28-18-29-24(19-35-36-29)17-30(28)37(26-8-6-25(34)7-9-26)33(32)23-10-12-41-13-11-23;1-34-37(33,35-2)23-9-3-18(4-10-23)27-24-16-25-20(17-30-31-25)15-26(24)32(22-7-5-21(29)6-8-22)28(27)19-11-13-36-14-12-19/h3-10,18-20,23H,1-2,11-17H2,(H,35,36);2-9,17-20,23,27H,10-16H2,1H3,(H,35,36);3-10,15-17,19H,11-14H2,1-2H3,(H,30,31). The quantitative estimate of drug-likeness (QED) is 0.0446. The van der Waals surface area contributed by atoms with Crippen LogP contribution < -0.4 is 5.30 Å². The van der Waals surface area contributed by atoms with E-state index in [0.717, 1.165) is 171 Å². The summed E-state index contributed by atoms with van der Waals surface area (Å²) in [5.41, 5.74) is 19.5. The van der Waals surface area contributed by atoms with E-state index >= 15 is 0 Å². The molecule has 4 saturated heterocycles. The van der Waals surface area contributed by atoms with Crippen LogP contribution in [0.15, 0.2) is 201 Å². The number of nitrogens with one attached hydrogen (secondary N) is 3. The van der Waals surface area contributed by atoms with Crippen LogP contribution in [0.5, 0.6) is 0 Å². The monoisotopic (exact) mass is 1670 g/mol. The maximum atomic E-state index is 14.0. The molecule has 0 spiro atoms. The van der Waals surface area contributed by atoms with Gasteiger partial charge < -0.3 is 46.6 Å². The first-order chi connectivity index (χ1) is 58.8. The second-order valence-corrected chi connectivity index (χ2v) is 36.5. The Morgan fingerprint density at radius 3 is 1.18 bits per heavy atom. The van der Waals surface area contributed by atoms with Gasteiger partial charge in [0.25, 0.3) is 0 Å². The molecule has 121 heavy (non-hydrogen) atoms. The van der Waals surface area contributed by atoms with Crippen LogP contribution >= 0.6 is 7.60 Å². The lowest BCUT2D eigenvalue weighted by Gasteiger charge is -2.33. The predicted octanol–water partition coefficient (Wildman–Crippen LogP) is 19.5. The van der Waals surface area contributed by atoms with Gasteiger partial charge in [0.2, 0.25) is 0 Å². The summed E-state index contributed by atoms with van der Waals surface area (Å²) in [6.45, 7) is 5.59. The molecular weight excluding hydrogens is 1580 g/mol. The SMILES string of the molecule is COP(=O)(OC)c1ccc(-c2c(C3CCOCC3)n(-c3ccc(F)cc3)c3cc4cn[nH]c4cc23)cc1.CS(=O)(=O)C1CC(CC(=O)c2ccc(-c3c(C4CCOCC4)n(-c4ccc(F)cc4)c4cc5cn[nH]c5cc34)cc2)C1.O=C(CCCN1CCOC1=O)c1ccc(-c2c(C3CCOCC3)n(-c3ccc(F)cc3)c3cc4cn[nH]c4cc23)cc1. The van der Waals surface area contributed by atoms with Crippen molar-refractivity contribution in [3.8, 4) is 50.4 Å². The first kappa shape index (κ1) is 80.5. The van der Waals surface area contributed by atoms with Gasteiger partial charge in [-0.15, -0.1) is 0 Å². The van der Waals surface area contributed by atoms with Crippen LogP contribution in [-0.4, -0.2) is 160 Å². The van der Waals surface area contributed by atoms with Gasteiger partial charge in [0.15, 0.2) is 11.6 Å². The molecule has 9 aromatic carbocycles. The van der Waals surface area contributed by atoms with Gasteiger partial charge in [-0.1, -0.05) is 60.7 Å². The van der Waals surface area contributed by atoms with Crippen molar-refractivity contribution in [1.29, 1.82) is 0 Å². The lowest BCUT2D eigenvalue weighted by Crippen LogP contribution is -2.36. The Bertz CT molecular complexity index is 6530. The van der Waals surface area contributed by atoms with Crippen molar-refractivity contribution in [1.82, 2.24) is 49.2 Å². The van der Waals surface area contributed by atoms with E-state index in [-0.39, 0.29) is 64.0 Å². The Morgan fingerprint density at radius 1 is 0.488 bits per heavy atom. The number of ether oxygens (including phenoxy) is 4. The van der Waals surface area contributed by atoms with E-state index in [4.69, 9.17) is 28.0 Å². The summed E-state index contributed by atoms with van der Waals surface area (Å²) < 4.78 is 118. The molecule has 5 fully saturated rings. The molecule has 0 bridgehead atoms. The Labute approximate surface area is 695 Å².